The molecule has 0 radical (unpaired) electrons. The lowest BCUT2D eigenvalue weighted by Gasteiger charge is -2.18. The van der Waals surface area contributed by atoms with Crippen LogP contribution in [0.1, 0.15) is 5.56 Å². The lowest BCUT2D eigenvalue weighted by atomic mass is 10.0. The molecule has 0 amide bonds. The molecule has 4 heteroatoms. The lowest BCUT2D eigenvalue weighted by Crippen LogP contribution is -2.38. The molecule has 1 aromatic rings. The standard InChI is InChI=1S/C13H14BrN3/c1-17(13(14)15)12-8-7-11(9-16-12)10-5-3-2-4-6-10/h2-9,12,15-16H,1H3/p+1. The Morgan fingerprint density at radius 1 is 1.35 bits per heavy atom. The number of likely N-dealkylation sites (N-methyl/N-ethyl adjacent to an activating group) is 1. The molecule has 3 N–H and O–H groups in total. The van der Waals surface area contributed by atoms with Gasteiger partial charge in [-0.1, -0.05) is 36.4 Å². The quantitative estimate of drug-likeness (QED) is 0.378. The Kier molecular flexibility index (Phi) is 3.64. The first-order chi connectivity index (χ1) is 8.18. The van der Waals surface area contributed by atoms with E-state index in [1.807, 2.05) is 36.0 Å². The van der Waals surface area contributed by atoms with Gasteiger partial charge in [0.1, 0.15) is 0 Å². The fourth-order valence-electron chi connectivity index (χ4n) is 1.66. The summed E-state index contributed by atoms with van der Waals surface area (Å²) in [5, 5.41) is 3.30. The summed E-state index contributed by atoms with van der Waals surface area (Å²) in [5.41, 5.74) is 8.05. The molecule has 3 nitrogen and oxygen atoms in total. The smallest absolute Gasteiger partial charge is 0.313 e. The van der Waals surface area contributed by atoms with Gasteiger partial charge in [0.25, 0.3) is 0 Å². The van der Waals surface area contributed by atoms with E-state index in [-0.39, 0.29) is 6.17 Å². The van der Waals surface area contributed by atoms with Crippen LogP contribution in [0.3, 0.4) is 0 Å². The highest BCUT2D eigenvalue weighted by molar-refractivity contribution is 9.18. The summed E-state index contributed by atoms with van der Waals surface area (Å²) in [7, 11) is 1.92. The van der Waals surface area contributed by atoms with Crippen LogP contribution in [-0.4, -0.2) is 22.5 Å². The summed E-state index contributed by atoms with van der Waals surface area (Å²) in [6.45, 7) is 0. The Balaban J connectivity index is 2.15. The molecular formula is C13H15BrN3+. The number of nitrogens with zero attached hydrogens (tertiary/aromatic N) is 1. The topological polar surface area (TPSA) is 41.1 Å². The number of amidine groups is 1. The van der Waals surface area contributed by atoms with Crippen LogP contribution in [0.5, 0.6) is 0 Å². The number of halogens is 1. The number of dihydropyridines is 1. The van der Waals surface area contributed by atoms with Crippen LogP contribution in [0, 0.1) is 0 Å². The van der Waals surface area contributed by atoms with E-state index in [9.17, 15) is 0 Å². The summed E-state index contributed by atoms with van der Waals surface area (Å²) in [6, 6.07) is 10.3. The van der Waals surface area contributed by atoms with Crippen molar-refractivity contribution in [3.8, 4) is 0 Å². The lowest BCUT2D eigenvalue weighted by molar-refractivity contribution is -0.528. The van der Waals surface area contributed by atoms with Crippen molar-refractivity contribution < 1.29 is 4.58 Å². The van der Waals surface area contributed by atoms with E-state index in [0.29, 0.717) is 4.74 Å². The molecule has 1 atom stereocenters. The number of rotatable bonds is 2. The number of hydrogen-bond acceptors (Lipinski definition) is 1. The minimum atomic E-state index is 0.0850. The zero-order valence-corrected chi connectivity index (χ0v) is 11.2. The molecule has 17 heavy (non-hydrogen) atoms. The van der Waals surface area contributed by atoms with Gasteiger partial charge in [-0.3, -0.25) is 5.73 Å². The average Bonchev–Trinajstić information content (AvgIpc) is 2.39. The highest BCUT2D eigenvalue weighted by Crippen LogP contribution is 2.17. The maximum absolute atomic E-state index is 5.68. The van der Waals surface area contributed by atoms with E-state index < -0.39 is 0 Å². The van der Waals surface area contributed by atoms with Crippen LogP contribution in [0.2, 0.25) is 0 Å². The molecule has 0 spiro atoms. The molecule has 2 rings (SSSR count). The largest absolute Gasteiger partial charge is 0.350 e. The van der Waals surface area contributed by atoms with Crippen LogP contribution in [0.15, 0.2) is 48.7 Å². The average molecular weight is 293 g/mol. The van der Waals surface area contributed by atoms with Gasteiger partial charge in [-0.2, -0.15) is 0 Å². The van der Waals surface area contributed by atoms with Gasteiger partial charge in [0.2, 0.25) is 0 Å². The van der Waals surface area contributed by atoms with E-state index in [1.165, 1.54) is 11.1 Å². The maximum atomic E-state index is 5.68. The molecule has 88 valence electrons. The van der Waals surface area contributed by atoms with Gasteiger partial charge in [0.05, 0.1) is 7.05 Å². The predicted molar refractivity (Wildman–Crippen MR) is 74.8 cm³/mol. The van der Waals surface area contributed by atoms with Crippen molar-refractivity contribution in [2.24, 2.45) is 5.73 Å². The van der Waals surface area contributed by atoms with Crippen molar-refractivity contribution in [3.63, 3.8) is 0 Å². The molecule has 1 unspecified atom stereocenters. The monoisotopic (exact) mass is 292 g/mol. The second-order valence-electron chi connectivity index (χ2n) is 3.87. The molecular weight excluding hydrogens is 278 g/mol. The third-order valence-electron chi connectivity index (χ3n) is 2.73. The first-order valence-corrected chi connectivity index (χ1v) is 6.18. The molecule has 0 aliphatic carbocycles. The van der Waals surface area contributed by atoms with Gasteiger partial charge in [-0.15, -0.1) is 0 Å². The third-order valence-corrected chi connectivity index (χ3v) is 3.29. The van der Waals surface area contributed by atoms with Crippen molar-refractivity contribution in [2.45, 2.75) is 6.17 Å². The van der Waals surface area contributed by atoms with Crippen molar-refractivity contribution in [3.05, 3.63) is 54.2 Å². The van der Waals surface area contributed by atoms with Gasteiger partial charge in [-0.05, 0) is 17.2 Å². The van der Waals surface area contributed by atoms with Crippen molar-refractivity contribution in [2.75, 3.05) is 7.05 Å². The van der Waals surface area contributed by atoms with Crippen LogP contribution in [-0.2, 0) is 0 Å². The maximum Gasteiger partial charge on any atom is 0.313 e. The highest BCUT2D eigenvalue weighted by Gasteiger charge is 2.14. The van der Waals surface area contributed by atoms with E-state index in [4.69, 9.17) is 5.73 Å². The molecule has 0 aromatic heterocycles. The summed E-state index contributed by atoms with van der Waals surface area (Å²) in [6.07, 6.45) is 6.27. The number of benzene rings is 1. The SMILES string of the molecule is C/[N+](=C(/N)Br)C1C=CC(c2ccccc2)=CN1. The summed E-state index contributed by atoms with van der Waals surface area (Å²) in [5.74, 6) is 0. The second kappa shape index (κ2) is 5.19. The first-order valence-electron chi connectivity index (χ1n) is 5.39. The van der Waals surface area contributed by atoms with E-state index in [0.717, 1.165) is 0 Å². The van der Waals surface area contributed by atoms with Crippen molar-refractivity contribution in [1.29, 1.82) is 0 Å². The molecule has 0 bridgehead atoms. The molecule has 0 fully saturated rings. The number of nitrogens with one attached hydrogen (secondary N) is 1. The Morgan fingerprint density at radius 2 is 2.06 bits per heavy atom. The van der Waals surface area contributed by atoms with Gasteiger partial charge in [0.15, 0.2) is 6.17 Å². The van der Waals surface area contributed by atoms with Gasteiger partial charge in [0, 0.05) is 22.1 Å². The molecule has 0 saturated carbocycles. The summed E-state index contributed by atoms with van der Waals surface area (Å²) in [4.78, 5) is 0. The Hall–Kier alpha value is -1.55. The summed E-state index contributed by atoms with van der Waals surface area (Å²) >= 11 is 3.26. The molecule has 1 aliphatic rings. The van der Waals surface area contributed by atoms with Crippen molar-refractivity contribution >= 4 is 26.2 Å². The molecule has 1 aliphatic heterocycles. The fourth-order valence-corrected chi connectivity index (χ4v) is 1.88. The molecule has 0 saturated heterocycles. The normalized spacial score (nSPS) is 20.4. The van der Waals surface area contributed by atoms with Crippen LogP contribution in [0.4, 0.5) is 0 Å². The predicted octanol–water partition coefficient (Wildman–Crippen LogP) is 1.86. The van der Waals surface area contributed by atoms with E-state index >= 15 is 0 Å². The van der Waals surface area contributed by atoms with E-state index in [2.05, 4.69) is 45.5 Å². The number of nitrogens with two attached hydrogens (primary N) is 1. The van der Waals surface area contributed by atoms with Crippen LogP contribution in [0.25, 0.3) is 5.57 Å². The summed E-state index contributed by atoms with van der Waals surface area (Å²) < 4.78 is 2.52. The Bertz CT molecular complexity index is 485. The van der Waals surface area contributed by atoms with E-state index in [1.54, 1.807) is 0 Å². The minimum absolute atomic E-state index is 0.0850. The molecule has 1 aromatic carbocycles. The van der Waals surface area contributed by atoms with Gasteiger partial charge >= 0.3 is 4.74 Å². The second-order valence-corrected chi connectivity index (χ2v) is 4.68. The van der Waals surface area contributed by atoms with Gasteiger partial charge in [-0.25, -0.2) is 4.58 Å². The number of hydrogen-bond donors (Lipinski definition) is 2. The zero-order chi connectivity index (χ0) is 12.3. The first kappa shape index (κ1) is 11.9. The van der Waals surface area contributed by atoms with Crippen LogP contribution < -0.4 is 11.1 Å². The van der Waals surface area contributed by atoms with Crippen molar-refractivity contribution in [1.82, 2.24) is 5.32 Å². The fraction of sp³-hybridized carbons (Fsp3) is 0.154. The Labute approximate surface area is 109 Å². The van der Waals surface area contributed by atoms with Crippen LogP contribution >= 0.6 is 15.9 Å². The highest BCUT2D eigenvalue weighted by atomic mass is 79.9. The Morgan fingerprint density at radius 3 is 2.59 bits per heavy atom. The third kappa shape index (κ3) is 2.77. The molecule has 1 heterocycles. The van der Waals surface area contributed by atoms with Gasteiger partial charge < -0.3 is 5.32 Å². The minimum Gasteiger partial charge on any atom is -0.350 e. The number of allylic oxidation sites excluding steroid dienone is 2. The zero-order valence-electron chi connectivity index (χ0n) is 9.60.